The molecule has 0 aromatic heterocycles. The molecule has 1 saturated heterocycles. The van der Waals surface area contributed by atoms with Gasteiger partial charge in [0.25, 0.3) is 5.24 Å². The number of nitrogens with zero attached hydrogens (tertiary/aromatic N) is 1. The molecule has 5 heteroatoms. The lowest BCUT2D eigenvalue weighted by atomic mass is 9.86. The van der Waals surface area contributed by atoms with E-state index in [2.05, 4.69) is 0 Å². The molecule has 3 rings (SSSR count). The smallest absolute Gasteiger partial charge is 0.274 e. The lowest BCUT2D eigenvalue weighted by Gasteiger charge is -2.26. The Labute approximate surface area is 146 Å². The molecular formula is C18H22ClNO2S. The molecule has 1 aromatic rings. The highest BCUT2D eigenvalue weighted by atomic mass is 35.5. The van der Waals surface area contributed by atoms with Crippen LogP contribution >= 0.6 is 23.4 Å². The van der Waals surface area contributed by atoms with E-state index in [1.807, 2.05) is 31.2 Å². The summed E-state index contributed by atoms with van der Waals surface area (Å²) in [4.78, 5) is 26.5. The number of rotatable bonds is 3. The Bertz CT molecular complexity index is 583. The van der Waals surface area contributed by atoms with Crippen molar-refractivity contribution < 1.29 is 9.59 Å². The molecule has 23 heavy (non-hydrogen) atoms. The minimum atomic E-state index is -0.113. The summed E-state index contributed by atoms with van der Waals surface area (Å²) in [5, 5.41) is 0.564. The molecule has 124 valence electrons. The lowest BCUT2D eigenvalue weighted by Crippen LogP contribution is -2.38. The van der Waals surface area contributed by atoms with Crippen LogP contribution < -0.4 is 0 Å². The van der Waals surface area contributed by atoms with Gasteiger partial charge in [-0.2, -0.15) is 0 Å². The highest BCUT2D eigenvalue weighted by Crippen LogP contribution is 2.44. The molecule has 2 amide bonds. The Balaban J connectivity index is 1.69. The molecule has 1 aromatic carbocycles. The van der Waals surface area contributed by atoms with Crippen LogP contribution in [0, 0.1) is 5.92 Å². The van der Waals surface area contributed by atoms with Crippen LogP contribution in [-0.4, -0.2) is 22.1 Å². The van der Waals surface area contributed by atoms with E-state index in [0.717, 1.165) is 18.4 Å². The van der Waals surface area contributed by atoms with Crippen molar-refractivity contribution in [3.63, 3.8) is 0 Å². The minimum absolute atomic E-state index is 0.00152. The maximum absolute atomic E-state index is 12.6. The number of halogens is 1. The maximum Gasteiger partial charge on any atom is 0.289 e. The second-order valence-electron chi connectivity index (χ2n) is 6.57. The zero-order valence-electron chi connectivity index (χ0n) is 13.3. The van der Waals surface area contributed by atoms with Crippen LogP contribution in [0.3, 0.4) is 0 Å². The zero-order chi connectivity index (χ0) is 16.4. The van der Waals surface area contributed by atoms with Crippen molar-refractivity contribution in [3.8, 4) is 0 Å². The molecule has 1 aliphatic heterocycles. The molecule has 2 unspecified atom stereocenters. The van der Waals surface area contributed by atoms with Crippen molar-refractivity contribution in [1.29, 1.82) is 0 Å². The van der Waals surface area contributed by atoms with Crippen molar-refractivity contribution in [2.45, 2.75) is 56.7 Å². The van der Waals surface area contributed by atoms with Crippen molar-refractivity contribution in [1.82, 2.24) is 4.90 Å². The highest BCUT2D eigenvalue weighted by molar-refractivity contribution is 8.14. The Morgan fingerprint density at radius 3 is 2.52 bits per heavy atom. The number of benzene rings is 1. The maximum atomic E-state index is 12.6. The van der Waals surface area contributed by atoms with Crippen LogP contribution in [0.15, 0.2) is 24.3 Å². The van der Waals surface area contributed by atoms with Gasteiger partial charge in [0.1, 0.15) is 0 Å². The van der Waals surface area contributed by atoms with Gasteiger partial charge in [0.2, 0.25) is 5.91 Å². The number of carbonyl (C=O) groups excluding carboxylic acids is 2. The normalized spacial score (nSPS) is 25.8. The van der Waals surface area contributed by atoms with E-state index in [-0.39, 0.29) is 22.4 Å². The van der Waals surface area contributed by atoms with Crippen molar-refractivity contribution in [2.24, 2.45) is 5.92 Å². The van der Waals surface area contributed by atoms with E-state index in [9.17, 15) is 9.59 Å². The van der Waals surface area contributed by atoms with Gasteiger partial charge in [0.05, 0.1) is 11.3 Å². The number of carbonyl (C=O) groups is 2. The number of hydrogen-bond donors (Lipinski definition) is 0. The van der Waals surface area contributed by atoms with Gasteiger partial charge in [-0.3, -0.25) is 14.5 Å². The second kappa shape index (κ2) is 7.27. The van der Waals surface area contributed by atoms with Gasteiger partial charge in [-0.15, -0.1) is 0 Å². The van der Waals surface area contributed by atoms with E-state index in [1.165, 1.54) is 35.9 Å². The molecule has 0 spiro atoms. The largest absolute Gasteiger partial charge is 0.289 e. The van der Waals surface area contributed by atoms with Crippen LogP contribution in [0.4, 0.5) is 4.79 Å². The predicted octanol–water partition coefficient (Wildman–Crippen LogP) is 5.44. The molecule has 0 radical (unpaired) electrons. The van der Waals surface area contributed by atoms with E-state index in [1.54, 1.807) is 0 Å². The number of hydrogen-bond acceptors (Lipinski definition) is 3. The molecular weight excluding hydrogens is 330 g/mol. The fourth-order valence-electron chi connectivity index (χ4n) is 3.63. The monoisotopic (exact) mass is 351 g/mol. The topological polar surface area (TPSA) is 37.4 Å². The number of thioether (sulfide) groups is 1. The summed E-state index contributed by atoms with van der Waals surface area (Å²) < 4.78 is 0. The molecule has 2 atom stereocenters. The van der Waals surface area contributed by atoms with Crippen molar-refractivity contribution in [3.05, 3.63) is 34.9 Å². The van der Waals surface area contributed by atoms with Gasteiger partial charge < -0.3 is 0 Å². The van der Waals surface area contributed by atoms with Crippen LogP contribution in [0.2, 0.25) is 5.02 Å². The molecule has 1 heterocycles. The summed E-state index contributed by atoms with van der Waals surface area (Å²) in [5.74, 6) is 0.453. The van der Waals surface area contributed by atoms with E-state index in [4.69, 9.17) is 11.6 Å². The highest BCUT2D eigenvalue weighted by Gasteiger charge is 2.42. The van der Waals surface area contributed by atoms with Gasteiger partial charge in [-0.1, -0.05) is 54.8 Å². The Morgan fingerprint density at radius 2 is 1.87 bits per heavy atom. The Morgan fingerprint density at radius 1 is 1.22 bits per heavy atom. The molecule has 1 aliphatic carbocycles. The van der Waals surface area contributed by atoms with E-state index in [0.29, 0.717) is 17.4 Å². The first kappa shape index (κ1) is 16.8. The Kier molecular flexibility index (Phi) is 5.32. The average molecular weight is 352 g/mol. The van der Waals surface area contributed by atoms with Crippen molar-refractivity contribution in [2.75, 3.05) is 0 Å². The third kappa shape index (κ3) is 3.74. The predicted molar refractivity (Wildman–Crippen MR) is 94.7 cm³/mol. The van der Waals surface area contributed by atoms with Crippen LogP contribution in [0.1, 0.15) is 56.3 Å². The summed E-state index contributed by atoms with van der Waals surface area (Å²) in [5.41, 5.74) is 1.05. The summed E-state index contributed by atoms with van der Waals surface area (Å²) in [6.07, 6.45) is 6.46. The fraction of sp³-hybridized carbons (Fsp3) is 0.556. The summed E-state index contributed by atoms with van der Waals surface area (Å²) >= 11 is 7.19. The first-order valence-electron chi connectivity index (χ1n) is 8.34. The molecule has 1 saturated carbocycles. The third-order valence-electron chi connectivity index (χ3n) is 4.93. The van der Waals surface area contributed by atoms with Gasteiger partial charge >= 0.3 is 0 Å². The third-order valence-corrected chi connectivity index (χ3v) is 6.50. The zero-order valence-corrected chi connectivity index (χ0v) is 14.9. The van der Waals surface area contributed by atoms with E-state index >= 15 is 0 Å². The molecule has 2 aliphatic rings. The van der Waals surface area contributed by atoms with E-state index < -0.39 is 0 Å². The van der Waals surface area contributed by atoms with Crippen LogP contribution in [0.5, 0.6) is 0 Å². The fourth-order valence-corrected chi connectivity index (χ4v) is 4.97. The molecule has 0 bridgehead atoms. The van der Waals surface area contributed by atoms with Crippen LogP contribution in [-0.2, 0) is 4.79 Å². The van der Waals surface area contributed by atoms with Crippen molar-refractivity contribution >= 4 is 34.5 Å². The van der Waals surface area contributed by atoms with Crippen LogP contribution in [0.25, 0.3) is 0 Å². The molecule has 2 fully saturated rings. The molecule has 3 nitrogen and oxygen atoms in total. The minimum Gasteiger partial charge on any atom is -0.274 e. The first-order valence-corrected chi connectivity index (χ1v) is 9.60. The quantitative estimate of drug-likeness (QED) is 0.728. The molecule has 0 N–H and O–H groups in total. The number of imide groups is 1. The standard InChI is InChI=1S/C18H22ClNO2S/c1-12-17(14-7-9-15(19)10-8-14)23-18(22)20(12)16(21)11-13-5-3-2-4-6-13/h7-10,12-13,17H,2-6,11H2,1H3. The van der Waals surface area contributed by atoms with Gasteiger partial charge in [0, 0.05) is 11.4 Å². The average Bonchev–Trinajstić information content (AvgIpc) is 2.84. The second-order valence-corrected chi connectivity index (χ2v) is 8.10. The van der Waals surface area contributed by atoms with Gasteiger partial charge in [-0.05, 0) is 43.4 Å². The first-order chi connectivity index (χ1) is 11.1. The summed E-state index contributed by atoms with van der Waals surface area (Å²) in [7, 11) is 0. The van der Waals surface area contributed by atoms with Gasteiger partial charge in [-0.25, -0.2) is 0 Å². The Hall–Kier alpha value is -1.00. The summed E-state index contributed by atoms with van der Waals surface area (Å²) in [6.45, 7) is 1.97. The SMILES string of the molecule is CC1C(c2ccc(Cl)cc2)SC(=O)N1C(=O)CC1CCCCC1. The summed E-state index contributed by atoms with van der Waals surface area (Å²) in [6, 6.07) is 7.45. The lowest BCUT2D eigenvalue weighted by molar-refractivity contribution is -0.130. The van der Waals surface area contributed by atoms with Gasteiger partial charge in [0.15, 0.2) is 0 Å². The number of amides is 2.